The number of amides is 2. The molecule has 0 bridgehead atoms. The fourth-order valence-electron chi connectivity index (χ4n) is 4.43. The number of morpholine rings is 1. The molecule has 2 fully saturated rings. The van der Waals surface area contributed by atoms with Gasteiger partial charge in [-0.25, -0.2) is 0 Å². The summed E-state index contributed by atoms with van der Waals surface area (Å²) in [5.74, 6) is 0.506. The van der Waals surface area contributed by atoms with Gasteiger partial charge in [0.1, 0.15) is 5.75 Å². The molecule has 3 heterocycles. The van der Waals surface area contributed by atoms with Crippen molar-refractivity contribution in [1.82, 2.24) is 14.8 Å². The average Bonchev–Trinajstić information content (AvgIpc) is 3.18. The van der Waals surface area contributed by atoms with E-state index in [0.717, 1.165) is 16.9 Å². The predicted octanol–water partition coefficient (Wildman–Crippen LogP) is 2.22. The van der Waals surface area contributed by atoms with Crippen LogP contribution in [0.5, 0.6) is 5.75 Å². The van der Waals surface area contributed by atoms with Gasteiger partial charge in [0.25, 0.3) is 5.91 Å². The Balaban J connectivity index is 1.63. The van der Waals surface area contributed by atoms with Crippen LogP contribution < -0.4 is 4.74 Å². The zero-order valence-corrected chi connectivity index (χ0v) is 17.4. The molecule has 0 saturated carbocycles. The standard InChI is InChI=1S/C23H27N3O4/c1-3-21(27)26-15-20(18-5-4-10-24-13-18)23(16-26)22(28)25(11-12-30-23)14-17-6-8-19(29-2)9-7-17/h4-10,13,20H,3,11-12,14-16H2,1-2H3/t20-,23+/m0/s1. The lowest BCUT2D eigenvalue weighted by molar-refractivity contribution is -0.173. The number of rotatable bonds is 5. The van der Waals surface area contributed by atoms with Crippen molar-refractivity contribution in [3.63, 3.8) is 0 Å². The number of benzene rings is 1. The Bertz CT molecular complexity index is 902. The van der Waals surface area contributed by atoms with Gasteiger partial charge in [0.2, 0.25) is 5.91 Å². The molecule has 30 heavy (non-hydrogen) atoms. The highest BCUT2D eigenvalue weighted by atomic mass is 16.5. The van der Waals surface area contributed by atoms with Crippen LogP contribution in [-0.4, -0.2) is 65.6 Å². The van der Waals surface area contributed by atoms with Crippen molar-refractivity contribution in [3.05, 3.63) is 59.9 Å². The quantitative estimate of drug-likeness (QED) is 0.757. The van der Waals surface area contributed by atoms with Crippen LogP contribution in [-0.2, 0) is 20.9 Å². The van der Waals surface area contributed by atoms with E-state index in [2.05, 4.69) is 4.98 Å². The van der Waals surface area contributed by atoms with Gasteiger partial charge in [-0.2, -0.15) is 0 Å². The maximum atomic E-state index is 13.7. The van der Waals surface area contributed by atoms with Gasteiger partial charge in [-0.05, 0) is 29.3 Å². The first-order chi connectivity index (χ1) is 14.6. The summed E-state index contributed by atoms with van der Waals surface area (Å²) in [4.78, 5) is 34.0. The number of aromatic nitrogens is 1. The molecule has 1 aromatic carbocycles. The monoisotopic (exact) mass is 409 g/mol. The molecule has 2 aliphatic rings. The average molecular weight is 409 g/mol. The Labute approximate surface area is 176 Å². The largest absolute Gasteiger partial charge is 0.497 e. The van der Waals surface area contributed by atoms with E-state index in [1.807, 2.05) is 48.2 Å². The Morgan fingerprint density at radius 3 is 2.77 bits per heavy atom. The van der Waals surface area contributed by atoms with Gasteiger partial charge >= 0.3 is 0 Å². The van der Waals surface area contributed by atoms with Gasteiger partial charge in [0.05, 0.1) is 20.3 Å². The molecule has 1 spiro atoms. The number of pyridine rings is 1. The van der Waals surface area contributed by atoms with Crippen LogP contribution in [0.15, 0.2) is 48.8 Å². The number of methoxy groups -OCH3 is 1. The van der Waals surface area contributed by atoms with Gasteiger partial charge in [0.15, 0.2) is 5.60 Å². The third-order valence-electron chi connectivity index (χ3n) is 6.04. The third kappa shape index (κ3) is 3.65. The summed E-state index contributed by atoms with van der Waals surface area (Å²) in [6, 6.07) is 11.5. The maximum absolute atomic E-state index is 13.7. The van der Waals surface area contributed by atoms with Gasteiger partial charge in [-0.1, -0.05) is 25.1 Å². The van der Waals surface area contributed by atoms with Crippen molar-refractivity contribution in [2.24, 2.45) is 0 Å². The van der Waals surface area contributed by atoms with E-state index in [1.54, 1.807) is 24.4 Å². The molecule has 158 valence electrons. The van der Waals surface area contributed by atoms with Crippen LogP contribution in [0.3, 0.4) is 0 Å². The van der Waals surface area contributed by atoms with Crippen molar-refractivity contribution in [2.45, 2.75) is 31.4 Å². The lowest BCUT2D eigenvalue weighted by atomic mass is 9.83. The van der Waals surface area contributed by atoms with E-state index in [4.69, 9.17) is 9.47 Å². The first kappa shape index (κ1) is 20.3. The molecule has 1 aromatic heterocycles. The molecule has 0 aliphatic carbocycles. The number of carbonyl (C=O) groups excluding carboxylic acids is 2. The van der Waals surface area contributed by atoms with Gasteiger partial charge in [-0.15, -0.1) is 0 Å². The van der Waals surface area contributed by atoms with E-state index >= 15 is 0 Å². The van der Waals surface area contributed by atoms with Crippen LogP contribution in [0.4, 0.5) is 0 Å². The first-order valence-electron chi connectivity index (χ1n) is 10.3. The number of ether oxygens (including phenoxy) is 2. The Morgan fingerprint density at radius 2 is 2.10 bits per heavy atom. The molecular formula is C23H27N3O4. The van der Waals surface area contributed by atoms with Gasteiger partial charge in [0, 0.05) is 44.4 Å². The summed E-state index contributed by atoms with van der Waals surface area (Å²) in [5.41, 5.74) is 0.876. The summed E-state index contributed by atoms with van der Waals surface area (Å²) in [6.07, 6.45) is 3.88. The summed E-state index contributed by atoms with van der Waals surface area (Å²) in [7, 11) is 1.63. The summed E-state index contributed by atoms with van der Waals surface area (Å²) < 4.78 is 11.4. The number of likely N-dealkylation sites (tertiary alicyclic amines) is 1. The van der Waals surface area contributed by atoms with Crippen molar-refractivity contribution >= 4 is 11.8 Å². The molecule has 0 N–H and O–H groups in total. The molecule has 7 nitrogen and oxygen atoms in total. The molecule has 4 rings (SSSR count). The van der Waals surface area contributed by atoms with Gasteiger partial charge in [-0.3, -0.25) is 14.6 Å². The van der Waals surface area contributed by atoms with Crippen molar-refractivity contribution in [3.8, 4) is 5.75 Å². The first-order valence-corrected chi connectivity index (χ1v) is 10.3. The zero-order chi connectivity index (χ0) is 21.1. The predicted molar refractivity (Wildman–Crippen MR) is 111 cm³/mol. The molecular weight excluding hydrogens is 382 g/mol. The second-order valence-corrected chi connectivity index (χ2v) is 7.78. The summed E-state index contributed by atoms with van der Waals surface area (Å²) >= 11 is 0. The second kappa shape index (κ2) is 8.44. The highest BCUT2D eigenvalue weighted by molar-refractivity contribution is 5.90. The fourth-order valence-corrected chi connectivity index (χ4v) is 4.43. The smallest absolute Gasteiger partial charge is 0.257 e. The summed E-state index contributed by atoms with van der Waals surface area (Å²) in [5, 5.41) is 0. The molecule has 2 aliphatic heterocycles. The van der Waals surface area contributed by atoms with Crippen LogP contribution in [0.1, 0.15) is 30.4 Å². The van der Waals surface area contributed by atoms with E-state index in [9.17, 15) is 9.59 Å². The minimum Gasteiger partial charge on any atom is -0.497 e. The third-order valence-corrected chi connectivity index (χ3v) is 6.04. The van der Waals surface area contributed by atoms with Gasteiger partial charge < -0.3 is 19.3 Å². The Hall–Kier alpha value is -2.93. The number of nitrogens with zero attached hydrogens (tertiary/aromatic N) is 3. The maximum Gasteiger partial charge on any atom is 0.257 e. The lowest BCUT2D eigenvalue weighted by Crippen LogP contribution is -2.60. The molecule has 0 radical (unpaired) electrons. The Morgan fingerprint density at radius 1 is 1.30 bits per heavy atom. The molecule has 7 heteroatoms. The van der Waals surface area contributed by atoms with Crippen LogP contribution >= 0.6 is 0 Å². The van der Waals surface area contributed by atoms with E-state index in [0.29, 0.717) is 32.7 Å². The Kier molecular flexibility index (Phi) is 5.72. The molecule has 2 saturated heterocycles. The number of hydrogen-bond donors (Lipinski definition) is 0. The fraction of sp³-hybridized carbons (Fsp3) is 0.435. The SMILES string of the molecule is CCC(=O)N1C[C@@H](c2cccnc2)[C@@]2(C1)OCCN(Cc1ccc(OC)cc1)C2=O. The van der Waals surface area contributed by atoms with E-state index in [1.165, 1.54) is 0 Å². The van der Waals surface area contributed by atoms with E-state index in [-0.39, 0.29) is 24.3 Å². The molecule has 2 aromatic rings. The number of carbonyl (C=O) groups is 2. The topological polar surface area (TPSA) is 72.0 Å². The normalized spacial score (nSPS) is 23.8. The highest BCUT2D eigenvalue weighted by Crippen LogP contribution is 2.42. The minimum absolute atomic E-state index is 0.0319. The minimum atomic E-state index is -1.07. The van der Waals surface area contributed by atoms with Crippen LogP contribution in [0, 0.1) is 0 Å². The zero-order valence-electron chi connectivity index (χ0n) is 17.4. The molecule has 0 unspecified atom stereocenters. The lowest BCUT2D eigenvalue weighted by Gasteiger charge is -2.42. The molecule has 2 atom stereocenters. The second-order valence-electron chi connectivity index (χ2n) is 7.78. The van der Waals surface area contributed by atoms with Crippen LogP contribution in [0.2, 0.25) is 0 Å². The van der Waals surface area contributed by atoms with Crippen LogP contribution in [0.25, 0.3) is 0 Å². The number of hydrogen-bond acceptors (Lipinski definition) is 5. The van der Waals surface area contributed by atoms with Crippen molar-refractivity contribution in [2.75, 3.05) is 33.4 Å². The molecule has 2 amide bonds. The summed E-state index contributed by atoms with van der Waals surface area (Å²) in [6.45, 7) is 4.03. The highest BCUT2D eigenvalue weighted by Gasteiger charge is 2.57. The van der Waals surface area contributed by atoms with E-state index < -0.39 is 5.60 Å². The van der Waals surface area contributed by atoms with Crippen molar-refractivity contribution in [1.29, 1.82) is 0 Å². The van der Waals surface area contributed by atoms with Crippen molar-refractivity contribution < 1.29 is 19.1 Å².